The number of urea groups is 1. The van der Waals surface area contributed by atoms with E-state index in [1.165, 1.54) is 6.92 Å². The van der Waals surface area contributed by atoms with Crippen molar-refractivity contribution in [1.29, 1.82) is 0 Å². The molecule has 0 aromatic heterocycles. The summed E-state index contributed by atoms with van der Waals surface area (Å²) < 4.78 is 31.0. The molecule has 1 aliphatic rings. The third kappa shape index (κ3) is 5.00. The molecule has 0 bridgehead atoms. The van der Waals surface area contributed by atoms with Crippen LogP contribution in [0.15, 0.2) is 18.2 Å². The highest BCUT2D eigenvalue weighted by atomic mass is 19.1. The molecule has 8 heteroatoms. The van der Waals surface area contributed by atoms with E-state index in [0.717, 1.165) is 37.8 Å². The van der Waals surface area contributed by atoms with Crippen molar-refractivity contribution in [3.8, 4) is 0 Å². The van der Waals surface area contributed by atoms with Gasteiger partial charge < -0.3 is 10.1 Å². The molecule has 1 aromatic rings. The summed E-state index contributed by atoms with van der Waals surface area (Å²) in [5.41, 5.74) is -0.359. The van der Waals surface area contributed by atoms with Gasteiger partial charge in [0.2, 0.25) is 0 Å². The van der Waals surface area contributed by atoms with Crippen molar-refractivity contribution in [2.75, 3.05) is 0 Å². The summed E-state index contributed by atoms with van der Waals surface area (Å²) in [5.74, 6) is -3.76. The van der Waals surface area contributed by atoms with Crippen molar-refractivity contribution >= 4 is 17.9 Å². The van der Waals surface area contributed by atoms with Crippen LogP contribution in [0.3, 0.4) is 0 Å². The summed E-state index contributed by atoms with van der Waals surface area (Å²) in [5, 5.41) is 4.73. The van der Waals surface area contributed by atoms with Crippen LogP contribution in [0.1, 0.15) is 43.0 Å². The van der Waals surface area contributed by atoms with Gasteiger partial charge in [-0.3, -0.25) is 10.1 Å². The van der Waals surface area contributed by atoms with Crippen LogP contribution in [0.25, 0.3) is 0 Å². The highest BCUT2D eigenvalue weighted by Gasteiger charge is 2.23. The number of esters is 1. The minimum Gasteiger partial charge on any atom is -0.449 e. The zero-order chi connectivity index (χ0) is 17.7. The van der Waals surface area contributed by atoms with E-state index in [2.05, 4.69) is 10.6 Å². The summed E-state index contributed by atoms with van der Waals surface area (Å²) in [6.45, 7) is 1.26. The number of carbonyl (C=O) groups excluding carboxylic acids is 3. The predicted molar refractivity (Wildman–Crippen MR) is 80.2 cm³/mol. The number of imide groups is 1. The smallest absolute Gasteiger partial charge is 0.339 e. The highest BCUT2D eigenvalue weighted by molar-refractivity contribution is 5.98. The number of ether oxygens (including phenoxy) is 1. The maximum absolute atomic E-state index is 13.1. The topological polar surface area (TPSA) is 84.5 Å². The van der Waals surface area contributed by atoms with E-state index in [4.69, 9.17) is 4.74 Å². The fraction of sp³-hybridized carbons (Fsp3) is 0.438. The van der Waals surface area contributed by atoms with Gasteiger partial charge in [0.1, 0.15) is 11.6 Å². The maximum Gasteiger partial charge on any atom is 0.339 e. The van der Waals surface area contributed by atoms with Crippen molar-refractivity contribution in [3.05, 3.63) is 35.4 Å². The van der Waals surface area contributed by atoms with Crippen LogP contribution in [0.2, 0.25) is 0 Å². The number of hydrogen-bond acceptors (Lipinski definition) is 4. The number of nitrogens with one attached hydrogen (secondary N) is 2. The second-order valence-electron chi connectivity index (χ2n) is 5.65. The molecule has 1 saturated carbocycles. The van der Waals surface area contributed by atoms with E-state index in [9.17, 15) is 23.2 Å². The lowest BCUT2D eigenvalue weighted by molar-refractivity contribution is -0.127. The Morgan fingerprint density at radius 3 is 2.29 bits per heavy atom. The quantitative estimate of drug-likeness (QED) is 0.824. The number of amides is 3. The molecule has 0 spiro atoms. The molecule has 0 heterocycles. The molecule has 2 N–H and O–H groups in total. The molecular formula is C16H18F2N2O4. The molecule has 0 saturated heterocycles. The van der Waals surface area contributed by atoms with Crippen molar-refractivity contribution < 1.29 is 27.9 Å². The summed E-state index contributed by atoms with van der Waals surface area (Å²) in [4.78, 5) is 35.3. The minimum absolute atomic E-state index is 0.0333. The van der Waals surface area contributed by atoms with Gasteiger partial charge in [0.25, 0.3) is 5.91 Å². The molecular weight excluding hydrogens is 322 g/mol. The molecule has 0 radical (unpaired) electrons. The molecule has 2 rings (SSSR count). The molecule has 0 unspecified atom stereocenters. The van der Waals surface area contributed by atoms with E-state index >= 15 is 0 Å². The molecule has 130 valence electrons. The number of halogens is 2. The van der Waals surface area contributed by atoms with Crippen LogP contribution in [-0.4, -0.2) is 30.1 Å². The van der Waals surface area contributed by atoms with Gasteiger partial charge in [-0.05, 0) is 31.9 Å². The summed E-state index contributed by atoms with van der Waals surface area (Å²) >= 11 is 0. The molecule has 1 aliphatic carbocycles. The van der Waals surface area contributed by atoms with Crippen LogP contribution in [0.5, 0.6) is 0 Å². The van der Waals surface area contributed by atoms with Gasteiger partial charge in [0.05, 0.1) is 5.56 Å². The average Bonchev–Trinajstić information content (AvgIpc) is 2.98. The monoisotopic (exact) mass is 340 g/mol. The lowest BCUT2D eigenvalue weighted by atomic mass is 10.2. The molecule has 24 heavy (non-hydrogen) atoms. The zero-order valence-corrected chi connectivity index (χ0v) is 13.1. The van der Waals surface area contributed by atoms with Gasteiger partial charge in [-0.1, -0.05) is 12.8 Å². The van der Waals surface area contributed by atoms with Gasteiger partial charge in [0, 0.05) is 12.1 Å². The first-order chi connectivity index (χ1) is 11.3. The van der Waals surface area contributed by atoms with Gasteiger partial charge in [0.15, 0.2) is 6.10 Å². The lowest BCUT2D eigenvalue weighted by Crippen LogP contribution is -2.47. The number of hydrogen-bond donors (Lipinski definition) is 2. The third-order valence-electron chi connectivity index (χ3n) is 3.68. The van der Waals surface area contributed by atoms with Gasteiger partial charge in [-0.15, -0.1) is 0 Å². The largest absolute Gasteiger partial charge is 0.449 e. The average molecular weight is 340 g/mol. The molecule has 1 aromatic carbocycles. The Hall–Kier alpha value is -2.51. The van der Waals surface area contributed by atoms with Gasteiger partial charge in [-0.25, -0.2) is 18.4 Å². The van der Waals surface area contributed by atoms with Crippen LogP contribution in [0, 0.1) is 11.6 Å². The standard InChI is InChI=1S/C16H18F2N2O4/c1-9(14(21)20-16(23)19-13-4-2-3-5-13)24-15(22)10-6-11(17)8-12(18)7-10/h6-9,13H,2-5H2,1H3,(H2,19,20,21,23)/t9-/m1/s1. The zero-order valence-electron chi connectivity index (χ0n) is 13.1. The number of benzene rings is 1. The minimum atomic E-state index is -1.29. The third-order valence-corrected chi connectivity index (χ3v) is 3.68. The molecule has 1 atom stereocenters. The first-order valence-electron chi connectivity index (χ1n) is 7.63. The van der Waals surface area contributed by atoms with E-state index < -0.39 is 35.6 Å². The van der Waals surface area contributed by atoms with Crippen LogP contribution < -0.4 is 10.6 Å². The Kier molecular flexibility index (Phi) is 5.83. The second-order valence-corrected chi connectivity index (χ2v) is 5.65. The van der Waals surface area contributed by atoms with Crippen molar-refractivity contribution in [1.82, 2.24) is 10.6 Å². The Labute approximate surface area is 137 Å². The Bertz CT molecular complexity index is 625. The van der Waals surface area contributed by atoms with Crippen molar-refractivity contribution in [2.24, 2.45) is 0 Å². The highest BCUT2D eigenvalue weighted by Crippen LogP contribution is 2.17. The number of carbonyl (C=O) groups is 3. The Morgan fingerprint density at radius 1 is 1.12 bits per heavy atom. The van der Waals surface area contributed by atoms with Crippen molar-refractivity contribution in [2.45, 2.75) is 44.8 Å². The normalized spacial score (nSPS) is 15.6. The summed E-state index contributed by atoms with van der Waals surface area (Å²) in [6, 6.07) is 1.57. The fourth-order valence-electron chi connectivity index (χ4n) is 2.46. The van der Waals surface area contributed by atoms with Crippen LogP contribution >= 0.6 is 0 Å². The van der Waals surface area contributed by atoms with E-state index in [0.29, 0.717) is 6.07 Å². The lowest BCUT2D eigenvalue weighted by Gasteiger charge is -2.15. The second kappa shape index (κ2) is 7.85. The maximum atomic E-state index is 13.1. The Balaban J connectivity index is 1.86. The van der Waals surface area contributed by atoms with E-state index in [1.54, 1.807) is 0 Å². The summed E-state index contributed by atoms with van der Waals surface area (Å²) in [7, 11) is 0. The molecule has 3 amide bonds. The fourth-order valence-corrected chi connectivity index (χ4v) is 2.46. The Morgan fingerprint density at radius 2 is 1.71 bits per heavy atom. The first kappa shape index (κ1) is 17.8. The van der Waals surface area contributed by atoms with Gasteiger partial charge >= 0.3 is 12.0 Å². The predicted octanol–water partition coefficient (Wildman–Crippen LogP) is 2.28. The molecule has 0 aliphatic heterocycles. The van der Waals surface area contributed by atoms with E-state index in [-0.39, 0.29) is 11.6 Å². The van der Waals surface area contributed by atoms with Crippen LogP contribution in [-0.2, 0) is 9.53 Å². The summed E-state index contributed by atoms with van der Waals surface area (Å²) in [6.07, 6.45) is 2.47. The molecule has 1 fully saturated rings. The van der Waals surface area contributed by atoms with E-state index in [1.807, 2.05) is 0 Å². The molecule has 6 nitrogen and oxygen atoms in total. The van der Waals surface area contributed by atoms with Crippen LogP contribution in [0.4, 0.5) is 13.6 Å². The number of rotatable bonds is 4. The van der Waals surface area contributed by atoms with Gasteiger partial charge in [-0.2, -0.15) is 0 Å². The SMILES string of the molecule is C[C@@H](OC(=O)c1cc(F)cc(F)c1)C(=O)NC(=O)NC1CCCC1. The first-order valence-corrected chi connectivity index (χ1v) is 7.63. The van der Waals surface area contributed by atoms with Crippen molar-refractivity contribution in [3.63, 3.8) is 0 Å².